The summed E-state index contributed by atoms with van der Waals surface area (Å²) >= 11 is 1.68. The summed E-state index contributed by atoms with van der Waals surface area (Å²) in [4.78, 5) is 4.30. The molecule has 0 N–H and O–H groups in total. The zero-order valence-electron chi connectivity index (χ0n) is 26.5. The van der Waals surface area contributed by atoms with Crippen LogP contribution in [0.3, 0.4) is 0 Å². The van der Waals surface area contributed by atoms with Gasteiger partial charge in [-0.2, -0.15) is 23.8 Å². The molecule has 32 heavy (non-hydrogen) atoms. The molecule has 1 atom stereocenters. The van der Waals surface area contributed by atoms with Crippen molar-refractivity contribution in [3.63, 3.8) is 0 Å². The minimum absolute atomic E-state index is 0. The summed E-state index contributed by atoms with van der Waals surface area (Å²) in [5, 5.41) is 12.2. The fraction of sp³-hybridized carbons (Fsp3) is 0.0357. The molecule has 0 radical (unpaired) electrons. The maximum atomic E-state index is 9.87. The van der Waals surface area contributed by atoms with Crippen LogP contribution in [0.2, 0.25) is 0 Å². The van der Waals surface area contributed by atoms with Crippen molar-refractivity contribution < 1.29 is 33.8 Å². The second kappa shape index (κ2) is 11.5. The van der Waals surface area contributed by atoms with Crippen molar-refractivity contribution in [3.05, 3.63) is 127 Å². The maximum Gasteiger partial charge on any atom is 3.00 e. The molecule has 158 valence electrons. The minimum atomic E-state index is -1.24. The number of fused-ring (bicyclic) bond motifs is 3. The molecule has 0 fully saturated rings. The Morgan fingerprint density at radius 3 is 3.16 bits per heavy atom. The topological polar surface area (TPSA) is 35.2 Å². The van der Waals surface area contributed by atoms with E-state index in [2.05, 4.69) is 23.2 Å². The van der Waals surface area contributed by atoms with E-state index in [-0.39, 0.29) is 43.8 Å². The first-order chi connectivity index (χ1) is 19.5. The Morgan fingerprint density at radius 2 is 2.25 bits per heavy atom. The van der Waals surface area contributed by atoms with Crippen LogP contribution in [0.4, 0.5) is 0 Å². The van der Waals surface area contributed by atoms with Crippen molar-refractivity contribution in [2.75, 3.05) is 0 Å². The summed E-state index contributed by atoms with van der Waals surface area (Å²) in [6, 6.07) is 13.7. The van der Waals surface area contributed by atoms with Gasteiger partial charge in [0.25, 0.3) is 0 Å². The van der Waals surface area contributed by atoms with E-state index in [4.69, 9.17) is 13.7 Å². The van der Waals surface area contributed by atoms with Gasteiger partial charge in [-0.3, -0.25) is 5.71 Å². The van der Waals surface area contributed by atoms with Gasteiger partial charge in [0.1, 0.15) is 0 Å². The van der Waals surface area contributed by atoms with Crippen LogP contribution in [-0.2, 0) is 20.1 Å². The largest absolute Gasteiger partial charge is 3.00 e. The van der Waals surface area contributed by atoms with Gasteiger partial charge in [-0.25, -0.2) is 5.57 Å². The Balaban J connectivity index is 0.000000226. The Bertz CT molecular complexity index is 1810. The predicted molar refractivity (Wildman–Crippen MR) is 135 cm³/mol. The molecule has 0 saturated carbocycles. The molecule has 1 aliphatic rings. The Labute approximate surface area is 220 Å². The van der Waals surface area contributed by atoms with E-state index in [1.54, 1.807) is 17.5 Å². The molecular weight excluding hydrogens is 589 g/mol. The van der Waals surface area contributed by atoms with Crippen molar-refractivity contribution in [2.45, 2.75) is 6.40 Å². The molecule has 0 aliphatic heterocycles. The van der Waals surface area contributed by atoms with E-state index in [0.29, 0.717) is 12.2 Å². The molecule has 0 amide bonds. The van der Waals surface area contributed by atoms with Crippen molar-refractivity contribution in [2.24, 2.45) is 0 Å². The van der Waals surface area contributed by atoms with E-state index in [1.807, 2.05) is 24.3 Å². The van der Waals surface area contributed by atoms with Gasteiger partial charge in [0.2, 0.25) is 0 Å². The standard InChI is InChI=1S/C17H10NS.C11H11N.Ir/c1-2-10-16-12(6-1)13-7-5-8-14(17(13)19-16)15-9-3-4-11-18-15;1-2-3-9-11(12)10-7-5-4-6-8-10;/h1-7,9-11H;2-5,7-9H,1,6H2;/q-1;-2;+3/b;9-3-;/i3D,9D;1D,2D,3D,4D,5D,6D,7D,9D;/b;2-1?,9-3-;. The molecule has 1 aliphatic carbocycles. The zero-order valence-corrected chi connectivity index (χ0v) is 19.7. The van der Waals surface area contributed by atoms with Crippen LogP contribution in [0.5, 0.6) is 0 Å². The van der Waals surface area contributed by atoms with E-state index < -0.39 is 42.4 Å². The normalized spacial score (nSPS) is 21.4. The average Bonchev–Trinajstić information content (AvgIpc) is 3.37. The molecule has 0 spiro atoms. The number of benzene rings is 2. The summed E-state index contributed by atoms with van der Waals surface area (Å²) in [7, 11) is 0. The van der Waals surface area contributed by atoms with Crippen LogP contribution in [0.1, 0.15) is 20.1 Å². The molecule has 2 nitrogen and oxygen atoms in total. The molecule has 0 bridgehead atoms. The average molecular weight is 620 g/mol. The number of allylic oxidation sites excluding steroid dienone is 7. The van der Waals surface area contributed by atoms with E-state index in [9.17, 15) is 5.41 Å². The number of thiophene rings is 1. The second-order valence-corrected chi connectivity index (χ2v) is 7.19. The third kappa shape index (κ3) is 5.41. The SMILES string of the molecule is [2H]C=C([2H])/C([2H])=C(/[2H])C(=[N-])C1=C([2H])C([2H])=C([2H])C([2H])[CH-]1.[2H]c1ccnc(-c2[c-]ccc3c2sc2ccccc23)c1[2H].[Ir+3]. The molecule has 4 heteroatoms. The number of rotatable bonds is 4. The van der Waals surface area contributed by atoms with Gasteiger partial charge in [-0.05, 0) is 29.3 Å². The molecule has 5 rings (SSSR count). The minimum Gasteiger partial charge on any atom is -0.872 e. The fourth-order valence-corrected chi connectivity index (χ4v) is 4.10. The molecule has 1 unspecified atom stereocenters. The molecule has 2 aromatic heterocycles. The number of pyridine rings is 1. The molecule has 4 aromatic rings. The van der Waals surface area contributed by atoms with Crippen LogP contribution in [0.15, 0.2) is 109 Å². The van der Waals surface area contributed by atoms with Gasteiger partial charge >= 0.3 is 20.1 Å². The van der Waals surface area contributed by atoms with Crippen molar-refractivity contribution >= 4 is 37.2 Å². The third-order valence-corrected chi connectivity index (χ3v) is 5.44. The van der Waals surface area contributed by atoms with Crippen LogP contribution in [0.25, 0.3) is 36.8 Å². The van der Waals surface area contributed by atoms with Gasteiger partial charge in [0, 0.05) is 15.0 Å². The van der Waals surface area contributed by atoms with Crippen LogP contribution in [-0.4, -0.2) is 10.7 Å². The van der Waals surface area contributed by atoms with Gasteiger partial charge in [0.15, 0.2) is 0 Å². The van der Waals surface area contributed by atoms with Gasteiger partial charge in [0.05, 0.1) is 8.22 Å². The Morgan fingerprint density at radius 1 is 1.34 bits per heavy atom. The Hall–Kier alpha value is -3.04. The first kappa shape index (κ1) is 13.5. The van der Waals surface area contributed by atoms with E-state index >= 15 is 0 Å². The summed E-state index contributed by atoms with van der Waals surface area (Å²) < 4.78 is 77.2. The molecule has 2 aromatic carbocycles. The predicted octanol–water partition coefficient (Wildman–Crippen LogP) is 7.74. The van der Waals surface area contributed by atoms with Crippen LogP contribution in [0, 0.1) is 12.5 Å². The van der Waals surface area contributed by atoms with Gasteiger partial charge in [-0.15, -0.1) is 41.9 Å². The van der Waals surface area contributed by atoms with Crippen LogP contribution >= 0.6 is 11.3 Å². The maximum absolute atomic E-state index is 9.87. The molecule has 2 heterocycles. The van der Waals surface area contributed by atoms with Crippen LogP contribution < -0.4 is 0 Å². The summed E-state index contributed by atoms with van der Waals surface area (Å²) in [5.41, 5.74) is 0.229. The molecule has 0 saturated heterocycles. The second-order valence-electron chi connectivity index (χ2n) is 6.14. The zero-order chi connectivity index (χ0) is 30.0. The Kier molecular flexibility index (Phi) is 4.87. The smallest absolute Gasteiger partial charge is 0.872 e. The summed E-state index contributed by atoms with van der Waals surface area (Å²) in [5.74, 6) is 0. The van der Waals surface area contributed by atoms with Crippen molar-refractivity contribution in [3.8, 4) is 11.3 Å². The summed E-state index contributed by atoms with van der Waals surface area (Å²) in [6.07, 6.45) is 1.38. The molecular formula is C28H21IrN2S. The van der Waals surface area contributed by atoms with Crippen molar-refractivity contribution in [1.29, 1.82) is 0 Å². The van der Waals surface area contributed by atoms with E-state index in [0.717, 1.165) is 22.1 Å². The quantitative estimate of drug-likeness (QED) is 0.131. The monoisotopic (exact) mass is 620 g/mol. The number of nitrogens with zero attached hydrogens (tertiary/aromatic N) is 2. The van der Waals surface area contributed by atoms with E-state index in [1.165, 1.54) is 16.2 Å². The van der Waals surface area contributed by atoms with Gasteiger partial charge < -0.3 is 10.4 Å². The fourth-order valence-electron chi connectivity index (χ4n) is 2.90. The first-order valence-corrected chi connectivity index (χ1v) is 9.99. The number of hydrogen-bond acceptors (Lipinski definition) is 2. The first-order valence-electron chi connectivity index (χ1n) is 14.3. The van der Waals surface area contributed by atoms with Gasteiger partial charge in [-0.1, -0.05) is 60.7 Å². The third-order valence-electron chi connectivity index (χ3n) is 4.24. The summed E-state index contributed by atoms with van der Waals surface area (Å²) in [6.45, 7) is 0.537. The number of aromatic nitrogens is 1. The van der Waals surface area contributed by atoms with Crippen molar-refractivity contribution in [1.82, 2.24) is 4.98 Å². The number of hydrogen-bond donors (Lipinski definition) is 0.